The van der Waals surface area contributed by atoms with Crippen molar-refractivity contribution in [3.63, 3.8) is 0 Å². The second-order valence-electron chi connectivity index (χ2n) is 6.82. The molecule has 1 aromatic rings. The molecule has 0 aliphatic heterocycles. The number of aryl methyl sites for hydroxylation is 1. The molecule has 1 N–H and O–H groups in total. The minimum Gasteiger partial charge on any atom is -0.493 e. The molecular formula is C21H35NO3. The molecule has 4 heteroatoms. The van der Waals surface area contributed by atoms with Crippen LogP contribution in [0.3, 0.4) is 0 Å². The van der Waals surface area contributed by atoms with Crippen LogP contribution in [0.5, 0.6) is 5.75 Å². The van der Waals surface area contributed by atoms with Crippen LogP contribution in [0.4, 0.5) is 5.69 Å². The third kappa shape index (κ3) is 7.07. The number of anilines is 1. The summed E-state index contributed by atoms with van der Waals surface area (Å²) in [7, 11) is 0. The van der Waals surface area contributed by atoms with Gasteiger partial charge in [-0.15, -0.1) is 0 Å². The molecule has 0 saturated carbocycles. The van der Waals surface area contributed by atoms with E-state index in [1.807, 2.05) is 32.0 Å². The largest absolute Gasteiger partial charge is 0.493 e. The van der Waals surface area contributed by atoms with E-state index in [1.54, 1.807) is 0 Å². The van der Waals surface area contributed by atoms with E-state index in [-0.39, 0.29) is 5.91 Å². The maximum atomic E-state index is 12.8. The summed E-state index contributed by atoms with van der Waals surface area (Å²) in [5, 5.41) is 3.02. The summed E-state index contributed by atoms with van der Waals surface area (Å²) in [4.78, 5) is 12.8. The lowest BCUT2D eigenvalue weighted by molar-refractivity contribution is -0.140. The lowest BCUT2D eigenvalue weighted by Gasteiger charge is -2.28. The lowest BCUT2D eigenvalue weighted by Crippen LogP contribution is -2.43. The summed E-state index contributed by atoms with van der Waals surface area (Å²) >= 11 is 0. The molecule has 4 nitrogen and oxygen atoms in total. The van der Waals surface area contributed by atoms with Crippen molar-refractivity contribution < 1.29 is 14.3 Å². The fourth-order valence-electron chi connectivity index (χ4n) is 2.57. The first-order valence-electron chi connectivity index (χ1n) is 9.65. The first-order valence-corrected chi connectivity index (χ1v) is 9.65. The highest BCUT2D eigenvalue weighted by atomic mass is 16.5. The molecule has 0 aromatic heterocycles. The zero-order valence-electron chi connectivity index (χ0n) is 16.6. The molecule has 142 valence electrons. The van der Waals surface area contributed by atoms with Crippen molar-refractivity contribution >= 4 is 11.6 Å². The number of carbonyl (C=O) groups is 1. The molecule has 1 atom stereocenters. The second-order valence-corrected chi connectivity index (χ2v) is 6.82. The van der Waals surface area contributed by atoms with E-state index in [0.717, 1.165) is 62.1 Å². The molecular weight excluding hydrogens is 314 g/mol. The molecule has 0 aliphatic rings. The highest BCUT2D eigenvalue weighted by Gasteiger charge is 2.33. The summed E-state index contributed by atoms with van der Waals surface area (Å²) in [6.07, 6.45) is 5.80. The van der Waals surface area contributed by atoms with Crippen LogP contribution in [-0.2, 0) is 9.53 Å². The van der Waals surface area contributed by atoms with Crippen molar-refractivity contribution in [2.75, 3.05) is 18.5 Å². The first kappa shape index (κ1) is 21.5. The van der Waals surface area contributed by atoms with Crippen molar-refractivity contribution in [1.29, 1.82) is 0 Å². The van der Waals surface area contributed by atoms with Crippen LogP contribution in [-0.4, -0.2) is 24.7 Å². The average Bonchev–Trinajstić information content (AvgIpc) is 2.60. The van der Waals surface area contributed by atoms with Crippen molar-refractivity contribution in [3.8, 4) is 5.75 Å². The van der Waals surface area contributed by atoms with Crippen molar-refractivity contribution in [2.45, 2.75) is 78.7 Å². The number of hydrogen-bond donors (Lipinski definition) is 1. The van der Waals surface area contributed by atoms with Gasteiger partial charge in [0.05, 0.1) is 6.61 Å². The predicted molar refractivity (Wildman–Crippen MR) is 104 cm³/mol. The Morgan fingerprint density at radius 3 is 2.40 bits per heavy atom. The number of amides is 1. The van der Waals surface area contributed by atoms with Crippen LogP contribution in [0, 0.1) is 6.92 Å². The second kappa shape index (κ2) is 11.1. The summed E-state index contributed by atoms with van der Waals surface area (Å²) in [6, 6.07) is 5.78. The molecule has 0 spiro atoms. The number of ether oxygens (including phenoxy) is 2. The van der Waals surface area contributed by atoms with Crippen molar-refractivity contribution in [1.82, 2.24) is 0 Å². The summed E-state index contributed by atoms with van der Waals surface area (Å²) in [6.45, 7) is 11.5. The Bertz CT molecular complexity index is 520. The Kier molecular flexibility index (Phi) is 9.58. The van der Waals surface area contributed by atoms with Gasteiger partial charge in [-0.05, 0) is 56.9 Å². The van der Waals surface area contributed by atoms with E-state index < -0.39 is 5.60 Å². The fraction of sp³-hybridized carbons (Fsp3) is 0.667. The Morgan fingerprint density at radius 1 is 1.08 bits per heavy atom. The Hall–Kier alpha value is -1.55. The molecule has 1 amide bonds. The molecule has 25 heavy (non-hydrogen) atoms. The molecule has 1 rings (SSSR count). The minimum absolute atomic E-state index is 0.0755. The van der Waals surface area contributed by atoms with Gasteiger partial charge in [-0.1, -0.05) is 40.0 Å². The van der Waals surface area contributed by atoms with Gasteiger partial charge in [0.1, 0.15) is 11.4 Å². The number of nitrogens with one attached hydrogen (secondary N) is 1. The van der Waals surface area contributed by atoms with Gasteiger partial charge in [-0.2, -0.15) is 0 Å². The maximum Gasteiger partial charge on any atom is 0.256 e. The quantitative estimate of drug-likeness (QED) is 0.508. The topological polar surface area (TPSA) is 47.6 Å². The highest BCUT2D eigenvalue weighted by molar-refractivity contribution is 5.97. The summed E-state index contributed by atoms with van der Waals surface area (Å²) < 4.78 is 11.7. The smallest absolute Gasteiger partial charge is 0.256 e. The van der Waals surface area contributed by atoms with Crippen LogP contribution in [0.25, 0.3) is 0 Å². The van der Waals surface area contributed by atoms with Gasteiger partial charge in [0.25, 0.3) is 5.91 Å². The third-order valence-electron chi connectivity index (χ3n) is 4.30. The normalized spacial score (nSPS) is 13.3. The molecule has 0 bridgehead atoms. The number of rotatable bonds is 12. The molecule has 0 unspecified atom stereocenters. The Morgan fingerprint density at radius 2 is 1.80 bits per heavy atom. The van der Waals surface area contributed by atoms with E-state index in [1.165, 1.54) is 0 Å². The highest BCUT2D eigenvalue weighted by Crippen LogP contribution is 2.25. The zero-order chi connectivity index (χ0) is 18.7. The van der Waals surface area contributed by atoms with Gasteiger partial charge in [-0.25, -0.2) is 0 Å². The Labute approximate surface area is 153 Å². The van der Waals surface area contributed by atoms with Gasteiger partial charge in [-0.3, -0.25) is 4.79 Å². The predicted octanol–water partition coefficient (Wildman–Crippen LogP) is 5.49. The van der Waals surface area contributed by atoms with E-state index in [9.17, 15) is 4.79 Å². The molecule has 0 heterocycles. The summed E-state index contributed by atoms with van der Waals surface area (Å²) in [5.74, 6) is 0.802. The van der Waals surface area contributed by atoms with Crippen LogP contribution in [0.2, 0.25) is 0 Å². The third-order valence-corrected chi connectivity index (χ3v) is 4.30. The van der Waals surface area contributed by atoms with Gasteiger partial charge in [0.2, 0.25) is 0 Å². The van der Waals surface area contributed by atoms with Crippen molar-refractivity contribution in [3.05, 3.63) is 23.8 Å². The van der Waals surface area contributed by atoms with Crippen LogP contribution in [0.15, 0.2) is 18.2 Å². The molecule has 0 fully saturated rings. The SMILES string of the molecule is CCCCOc1ccc(NC(=O)[C@@](C)(CCCC)OCCC)cc1C. The van der Waals surface area contributed by atoms with E-state index >= 15 is 0 Å². The standard InChI is InChI=1S/C21H35NO3/c1-6-9-13-21(5,25-14-8-3)20(23)22-18-11-12-19(17(4)16-18)24-15-10-7-2/h11-12,16H,6-10,13-15H2,1-5H3,(H,22,23)/t21-/m1/s1. The molecule has 0 radical (unpaired) electrons. The minimum atomic E-state index is -0.782. The maximum absolute atomic E-state index is 12.8. The van der Waals surface area contributed by atoms with Crippen LogP contribution < -0.4 is 10.1 Å². The van der Waals surface area contributed by atoms with Gasteiger partial charge < -0.3 is 14.8 Å². The van der Waals surface area contributed by atoms with Gasteiger partial charge in [0, 0.05) is 12.3 Å². The van der Waals surface area contributed by atoms with E-state index in [4.69, 9.17) is 9.47 Å². The molecule has 1 aromatic carbocycles. The molecule has 0 saturated heterocycles. The number of benzene rings is 1. The number of hydrogen-bond acceptors (Lipinski definition) is 3. The van der Waals surface area contributed by atoms with E-state index in [0.29, 0.717) is 6.61 Å². The first-order chi connectivity index (χ1) is 12.0. The van der Waals surface area contributed by atoms with Gasteiger partial charge in [0.15, 0.2) is 0 Å². The zero-order valence-corrected chi connectivity index (χ0v) is 16.6. The van der Waals surface area contributed by atoms with Crippen LogP contribution in [0.1, 0.15) is 71.8 Å². The fourth-order valence-corrected chi connectivity index (χ4v) is 2.57. The van der Waals surface area contributed by atoms with E-state index in [2.05, 4.69) is 26.1 Å². The van der Waals surface area contributed by atoms with Crippen LogP contribution >= 0.6 is 0 Å². The number of carbonyl (C=O) groups excluding carboxylic acids is 1. The average molecular weight is 350 g/mol. The number of unbranched alkanes of at least 4 members (excludes halogenated alkanes) is 2. The Balaban J connectivity index is 2.76. The lowest BCUT2D eigenvalue weighted by atomic mass is 9.97. The van der Waals surface area contributed by atoms with Crippen molar-refractivity contribution in [2.24, 2.45) is 0 Å². The summed E-state index contributed by atoms with van der Waals surface area (Å²) in [5.41, 5.74) is 1.03. The van der Waals surface area contributed by atoms with Gasteiger partial charge >= 0.3 is 0 Å². The monoisotopic (exact) mass is 349 g/mol. The molecule has 0 aliphatic carbocycles.